The zero-order valence-electron chi connectivity index (χ0n) is 10.7. The lowest BCUT2D eigenvalue weighted by Gasteiger charge is -2.15. The highest BCUT2D eigenvalue weighted by molar-refractivity contribution is 9.10. The predicted octanol–water partition coefficient (Wildman–Crippen LogP) is 3.15. The molecule has 0 aliphatic rings. The van der Waals surface area contributed by atoms with Gasteiger partial charge < -0.3 is 0 Å². The van der Waals surface area contributed by atoms with Crippen molar-refractivity contribution in [3.8, 4) is 0 Å². The molecule has 0 amide bonds. The smallest absolute Gasteiger partial charge is 0.123 e. The number of benzene rings is 1. The normalized spacial score (nSPS) is 12.3. The predicted molar refractivity (Wildman–Crippen MR) is 83.9 cm³/mol. The summed E-state index contributed by atoms with van der Waals surface area (Å²) in [5, 5.41) is 0. The molecule has 0 spiro atoms. The summed E-state index contributed by atoms with van der Waals surface area (Å²) in [6, 6.07) is 8.63. The first kappa shape index (κ1) is 15.4. The van der Waals surface area contributed by atoms with Gasteiger partial charge in [-0.05, 0) is 58.2 Å². The number of hydrogen-bond acceptors (Lipinski definition) is 4. The van der Waals surface area contributed by atoms with Crippen LogP contribution in [0, 0.1) is 5.82 Å². The van der Waals surface area contributed by atoms with Crippen LogP contribution in [0.1, 0.15) is 5.56 Å². The monoisotopic (exact) mass is 355 g/mol. The number of aromatic nitrogens is 1. The number of hydrogen-bond donors (Lipinski definition) is 2. The Morgan fingerprint density at radius 2 is 2.05 bits per heavy atom. The van der Waals surface area contributed by atoms with Crippen LogP contribution in [-0.2, 0) is 6.42 Å². The molecule has 0 saturated carbocycles. The van der Waals surface area contributed by atoms with Crippen molar-refractivity contribution in [2.75, 3.05) is 5.75 Å². The van der Waals surface area contributed by atoms with E-state index in [1.807, 2.05) is 12.3 Å². The molecule has 1 aromatic carbocycles. The number of nitrogens with zero attached hydrogens (tertiary/aromatic N) is 1. The summed E-state index contributed by atoms with van der Waals surface area (Å²) >= 11 is 5.05. The van der Waals surface area contributed by atoms with Crippen LogP contribution < -0.4 is 11.3 Å². The van der Waals surface area contributed by atoms with E-state index in [1.165, 1.54) is 12.1 Å². The van der Waals surface area contributed by atoms with Gasteiger partial charge in [-0.15, -0.1) is 11.8 Å². The number of thioether (sulfide) groups is 1. The first-order valence-electron chi connectivity index (χ1n) is 6.11. The van der Waals surface area contributed by atoms with E-state index in [-0.39, 0.29) is 11.9 Å². The largest absolute Gasteiger partial charge is 0.271 e. The number of nitrogens with two attached hydrogens (primary N) is 1. The fraction of sp³-hybridized carbons (Fsp3) is 0.214. The van der Waals surface area contributed by atoms with Crippen molar-refractivity contribution in [2.45, 2.75) is 17.4 Å². The van der Waals surface area contributed by atoms with Crippen molar-refractivity contribution >= 4 is 27.7 Å². The van der Waals surface area contributed by atoms with Gasteiger partial charge in [0.25, 0.3) is 0 Å². The Morgan fingerprint density at radius 3 is 2.70 bits per heavy atom. The molecule has 0 saturated heterocycles. The van der Waals surface area contributed by atoms with Gasteiger partial charge in [-0.3, -0.25) is 16.3 Å². The van der Waals surface area contributed by atoms with E-state index in [2.05, 4.69) is 26.3 Å². The average Bonchev–Trinajstić information content (AvgIpc) is 2.45. The van der Waals surface area contributed by atoms with E-state index in [9.17, 15) is 4.39 Å². The minimum atomic E-state index is -0.219. The van der Waals surface area contributed by atoms with Crippen LogP contribution in [0.5, 0.6) is 0 Å². The SMILES string of the molecule is NNC(CSc1ccc(F)cc1)Cc1cncc(Br)c1. The van der Waals surface area contributed by atoms with Gasteiger partial charge in [-0.2, -0.15) is 0 Å². The molecule has 1 unspecified atom stereocenters. The molecule has 1 aromatic heterocycles. The van der Waals surface area contributed by atoms with E-state index in [1.54, 1.807) is 30.1 Å². The summed E-state index contributed by atoms with van der Waals surface area (Å²) < 4.78 is 13.8. The molecule has 0 fully saturated rings. The van der Waals surface area contributed by atoms with Crippen LogP contribution in [0.3, 0.4) is 0 Å². The third kappa shape index (κ3) is 4.86. The number of nitrogens with one attached hydrogen (secondary N) is 1. The Labute approximate surface area is 130 Å². The lowest BCUT2D eigenvalue weighted by molar-refractivity contribution is 0.574. The highest BCUT2D eigenvalue weighted by atomic mass is 79.9. The Kier molecular flexibility index (Phi) is 5.97. The van der Waals surface area contributed by atoms with Crippen LogP contribution >= 0.6 is 27.7 Å². The van der Waals surface area contributed by atoms with Crippen LogP contribution in [0.4, 0.5) is 4.39 Å². The zero-order valence-corrected chi connectivity index (χ0v) is 13.1. The highest BCUT2D eigenvalue weighted by Gasteiger charge is 2.09. The van der Waals surface area contributed by atoms with Crippen LogP contribution in [0.25, 0.3) is 0 Å². The minimum absolute atomic E-state index is 0.126. The summed E-state index contributed by atoms with van der Waals surface area (Å²) in [6.07, 6.45) is 4.37. The molecular formula is C14H15BrFN3S. The average molecular weight is 356 g/mol. The number of hydrazine groups is 1. The number of halogens is 2. The lowest BCUT2D eigenvalue weighted by Crippen LogP contribution is -2.38. The Morgan fingerprint density at radius 1 is 1.30 bits per heavy atom. The third-order valence-electron chi connectivity index (χ3n) is 2.74. The van der Waals surface area contributed by atoms with Crippen molar-refractivity contribution in [2.24, 2.45) is 5.84 Å². The number of rotatable bonds is 6. The molecule has 2 aromatic rings. The highest BCUT2D eigenvalue weighted by Crippen LogP contribution is 2.20. The van der Waals surface area contributed by atoms with E-state index in [0.29, 0.717) is 0 Å². The summed E-state index contributed by atoms with van der Waals surface area (Å²) in [7, 11) is 0. The molecule has 2 rings (SSSR count). The maximum atomic E-state index is 12.8. The molecule has 0 radical (unpaired) electrons. The molecule has 0 bridgehead atoms. The second kappa shape index (κ2) is 7.73. The van der Waals surface area contributed by atoms with Crippen LogP contribution in [0.15, 0.2) is 52.1 Å². The van der Waals surface area contributed by atoms with Gasteiger partial charge in [0.1, 0.15) is 5.82 Å². The van der Waals surface area contributed by atoms with Crippen molar-refractivity contribution in [3.63, 3.8) is 0 Å². The molecule has 6 heteroatoms. The maximum Gasteiger partial charge on any atom is 0.123 e. The fourth-order valence-corrected chi connectivity index (χ4v) is 3.09. The first-order chi connectivity index (χ1) is 9.67. The first-order valence-corrected chi connectivity index (χ1v) is 7.89. The molecule has 106 valence electrons. The standard InChI is InChI=1S/C14H15BrFN3S/c15-11-5-10(7-18-8-11)6-13(19-17)9-20-14-3-1-12(16)2-4-14/h1-5,7-8,13,19H,6,9,17H2. The number of pyridine rings is 1. The van der Waals surface area contributed by atoms with E-state index in [4.69, 9.17) is 5.84 Å². The summed E-state index contributed by atoms with van der Waals surface area (Å²) in [5.74, 6) is 6.17. The molecule has 0 aliphatic carbocycles. The molecule has 3 N–H and O–H groups in total. The zero-order chi connectivity index (χ0) is 14.4. The van der Waals surface area contributed by atoms with Crippen molar-refractivity contribution in [1.29, 1.82) is 0 Å². The van der Waals surface area contributed by atoms with Gasteiger partial charge in [-0.1, -0.05) is 0 Å². The quantitative estimate of drug-likeness (QED) is 0.474. The van der Waals surface area contributed by atoms with Gasteiger partial charge in [0, 0.05) is 33.6 Å². The minimum Gasteiger partial charge on any atom is -0.271 e. The van der Waals surface area contributed by atoms with E-state index in [0.717, 1.165) is 27.1 Å². The van der Waals surface area contributed by atoms with Crippen LogP contribution in [0.2, 0.25) is 0 Å². The van der Waals surface area contributed by atoms with Gasteiger partial charge >= 0.3 is 0 Å². The van der Waals surface area contributed by atoms with Crippen LogP contribution in [-0.4, -0.2) is 16.8 Å². The van der Waals surface area contributed by atoms with Crippen molar-refractivity contribution in [3.05, 3.63) is 58.6 Å². The summed E-state index contributed by atoms with van der Waals surface area (Å²) in [6.45, 7) is 0. The molecular weight excluding hydrogens is 341 g/mol. The van der Waals surface area contributed by atoms with E-state index >= 15 is 0 Å². The molecule has 1 atom stereocenters. The molecule has 3 nitrogen and oxygen atoms in total. The maximum absolute atomic E-state index is 12.8. The Hall–Kier alpha value is -0.950. The fourth-order valence-electron chi connectivity index (χ4n) is 1.75. The third-order valence-corrected chi connectivity index (χ3v) is 4.35. The molecule has 1 heterocycles. The van der Waals surface area contributed by atoms with Gasteiger partial charge in [0.05, 0.1) is 0 Å². The van der Waals surface area contributed by atoms with Gasteiger partial charge in [0.2, 0.25) is 0 Å². The topological polar surface area (TPSA) is 50.9 Å². The van der Waals surface area contributed by atoms with Crippen molar-refractivity contribution < 1.29 is 4.39 Å². The second-order valence-electron chi connectivity index (χ2n) is 4.34. The lowest BCUT2D eigenvalue weighted by atomic mass is 10.1. The molecule has 0 aliphatic heterocycles. The van der Waals surface area contributed by atoms with E-state index < -0.39 is 0 Å². The van der Waals surface area contributed by atoms with Crippen molar-refractivity contribution in [1.82, 2.24) is 10.4 Å². The summed E-state index contributed by atoms with van der Waals surface area (Å²) in [5.41, 5.74) is 3.93. The van der Waals surface area contributed by atoms with Gasteiger partial charge in [-0.25, -0.2) is 4.39 Å². The molecule has 20 heavy (non-hydrogen) atoms. The Balaban J connectivity index is 1.90. The Bertz CT molecular complexity index is 550. The second-order valence-corrected chi connectivity index (χ2v) is 6.35. The summed E-state index contributed by atoms with van der Waals surface area (Å²) in [4.78, 5) is 5.16. The van der Waals surface area contributed by atoms with Gasteiger partial charge in [0.15, 0.2) is 0 Å².